The van der Waals surface area contributed by atoms with E-state index in [1.54, 1.807) is 30.7 Å². The lowest BCUT2D eigenvalue weighted by atomic mass is 9.96. The first-order chi connectivity index (χ1) is 18.0. The predicted molar refractivity (Wildman–Crippen MR) is 142 cm³/mol. The fraction of sp³-hybridized carbons (Fsp3) is 0.138. The van der Waals surface area contributed by atoms with Crippen LogP contribution >= 0.6 is 11.3 Å². The van der Waals surface area contributed by atoms with Crippen LogP contribution in [0, 0.1) is 0 Å². The van der Waals surface area contributed by atoms with Gasteiger partial charge in [-0.05, 0) is 60.5 Å². The molecule has 0 amide bonds. The van der Waals surface area contributed by atoms with Gasteiger partial charge in [-0.3, -0.25) is 9.36 Å². The average Bonchev–Trinajstić information content (AvgIpc) is 3.22. The van der Waals surface area contributed by atoms with Gasteiger partial charge >= 0.3 is 5.97 Å². The summed E-state index contributed by atoms with van der Waals surface area (Å²) in [6.07, 6.45) is 1.81. The number of fused-ring (bicyclic) bond motifs is 1. The number of methoxy groups -OCH3 is 2. The summed E-state index contributed by atoms with van der Waals surface area (Å²) in [4.78, 5) is 31.6. The molecule has 186 valence electrons. The van der Waals surface area contributed by atoms with Crippen LogP contribution in [0.15, 0.2) is 99.9 Å². The van der Waals surface area contributed by atoms with Crippen LogP contribution in [0.1, 0.15) is 24.1 Å². The molecule has 0 N–H and O–H groups in total. The summed E-state index contributed by atoms with van der Waals surface area (Å²) in [5.41, 5.74) is 2.15. The molecule has 0 saturated heterocycles. The Hall–Kier alpha value is -4.43. The molecule has 1 unspecified atom stereocenters. The van der Waals surface area contributed by atoms with Crippen LogP contribution in [-0.4, -0.2) is 24.8 Å². The van der Waals surface area contributed by atoms with Crippen molar-refractivity contribution < 1.29 is 19.0 Å². The zero-order valence-corrected chi connectivity index (χ0v) is 21.3. The van der Waals surface area contributed by atoms with Crippen LogP contribution in [0.2, 0.25) is 0 Å². The predicted octanol–water partition coefficient (Wildman–Crippen LogP) is 4.21. The number of carbonyl (C=O) groups is 1. The summed E-state index contributed by atoms with van der Waals surface area (Å²) in [6.45, 7) is 1.75. The van der Waals surface area contributed by atoms with E-state index in [0.29, 0.717) is 32.1 Å². The summed E-state index contributed by atoms with van der Waals surface area (Å²) in [6, 6.07) is 23.6. The Kier molecular flexibility index (Phi) is 6.74. The Morgan fingerprint density at radius 3 is 2.38 bits per heavy atom. The monoisotopic (exact) mass is 512 g/mol. The SMILES string of the molecule is COC(=O)C1=C(C)N=c2s/c(=C/c3cccc(Oc4ccccc4)c3)c(=O)n2C1c1ccc(OC)cc1. The second-order valence-corrected chi connectivity index (χ2v) is 9.34. The summed E-state index contributed by atoms with van der Waals surface area (Å²) >= 11 is 1.27. The number of hydrogen-bond acceptors (Lipinski definition) is 7. The van der Waals surface area contributed by atoms with Gasteiger partial charge in [-0.15, -0.1) is 0 Å². The maximum absolute atomic E-state index is 13.7. The number of esters is 1. The highest BCUT2D eigenvalue weighted by Gasteiger charge is 2.33. The molecular formula is C29H24N2O5S. The summed E-state index contributed by atoms with van der Waals surface area (Å²) in [7, 11) is 2.91. The fourth-order valence-electron chi connectivity index (χ4n) is 4.24. The number of carbonyl (C=O) groups excluding carboxylic acids is 1. The highest BCUT2D eigenvalue weighted by atomic mass is 32.1. The highest BCUT2D eigenvalue weighted by Crippen LogP contribution is 2.31. The summed E-state index contributed by atoms with van der Waals surface area (Å²) in [5, 5.41) is 0. The average molecular weight is 513 g/mol. The minimum Gasteiger partial charge on any atom is -0.497 e. The smallest absolute Gasteiger partial charge is 0.338 e. The Morgan fingerprint density at radius 1 is 0.946 bits per heavy atom. The van der Waals surface area contributed by atoms with E-state index in [1.807, 2.05) is 72.8 Å². The number of thiazole rings is 1. The lowest BCUT2D eigenvalue weighted by Gasteiger charge is -2.24. The van der Waals surface area contributed by atoms with Gasteiger partial charge in [-0.1, -0.05) is 53.8 Å². The van der Waals surface area contributed by atoms with Crippen molar-refractivity contribution in [2.24, 2.45) is 4.99 Å². The molecule has 0 spiro atoms. The second-order valence-electron chi connectivity index (χ2n) is 8.33. The van der Waals surface area contributed by atoms with Crippen LogP contribution in [0.25, 0.3) is 6.08 Å². The van der Waals surface area contributed by atoms with Crippen molar-refractivity contribution in [3.05, 3.63) is 121 Å². The third-order valence-electron chi connectivity index (χ3n) is 5.99. The molecule has 0 radical (unpaired) electrons. The van der Waals surface area contributed by atoms with E-state index in [4.69, 9.17) is 14.2 Å². The molecule has 3 aromatic carbocycles. The lowest BCUT2D eigenvalue weighted by molar-refractivity contribution is -0.136. The Morgan fingerprint density at radius 2 is 1.68 bits per heavy atom. The molecule has 5 rings (SSSR count). The maximum atomic E-state index is 13.7. The van der Waals surface area contributed by atoms with Crippen molar-refractivity contribution in [1.82, 2.24) is 4.57 Å². The number of ether oxygens (including phenoxy) is 3. The van der Waals surface area contributed by atoms with Crippen molar-refractivity contribution in [1.29, 1.82) is 0 Å². The number of para-hydroxylation sites is 1. The molecule has 0 bridgehead atoms. The molecular weight excluding hydrogens is 488 g/mol. The van der Waals surface area contributed by atoms with Gasteiger partial charge in [-0.2, -0.15) is 0 Å². The largest absolute Gasteiger partial charge is 0.497 e. The van der Waals surface area contributed by atoms with E-state index in [1.165, 1.54) is 18.4 Å². The third kappa shape index (κ3) is 4.83. The number of nitrogens with zero attached hydrogens (tertiary/aromatic N) is 2. The van der Waals surface area contributed by atoms with E-state index in [-0.39, 0.29) is 5.56 Å². The number of benzene rings is 3. The number of rotatable bonds is 6. The van der Waals surface area contributed by atoms with Crippen molar-refractivity contribution in [3.63, 3.8) is 0 Å². The minimum absolute atomic E-state index is 0.243. The van der Waals surface area contributed by atoms with Crippen molar-refractivity contribution in [2.45, 2.75) is 13.0 Å². The van der Waals surface area contributed by atoms with Crippen LogP contribution in [-0.2, 0) is 9.53 Å². The van der Waals surface area contributed by atoms with E-state index >= 15 is 0 Å². The van der Waals surface area contributed by atoms with Crippen molar-refractivity contribution in [3.8, 4) is 17.2 Å². The number of allylic oxidation sites excluding steroid dienone is 1. The van der Waals surface area contributed by atoms with Crippen LogP contribution < -0.4 is 24.4 Å². The van der Waals surface area contributed by atoms with E-state index < -0.39 is 12.0 Å². The summed E-state index contributed by atoms with van der Waals surface area (Å²) < 4.78 is 18.3. The highest BCUT2D eigenvalue weighted by molar-refractivity contribution is 7.07. The summed E-state index contributed by atoms with van der Waals surface area (Å²) in [5.74, 6) is 1.54. The topological polar surface area (TPSA) is 79.1 Å². The maximum Gasteiger partial charge on any atom is 0.338 e. The van der Waals surface area contributed by atoms with Gasteiger partial charge in [0, 0.05) is 0 Å². The minimum atomic E-state index is -0.676. The van der Waals surface area contributed by atoms with Gasteiger partial charge in [0.2, 0.25) is 0 Å². The Labute approximate surface area is 217 Å². The molecule has 0 fully saturated rings. The fourth-order valence-corrected chi connectivity index (χ4v) is 5.28. The van der Waals surface area contributed by atoms with E-state index in [0.717, 1.165) is 16.9 Å². The first kappa shape index (κ1) is 24.3. The quantitative estimate of drug-likeness (QED) is 0.362. The van der Waals surface area contributed by atoms with Gasteiger partial charge in [0.15, 0.2) is 4.80 Å². The van der Waals surface area contributed by atoms with Gasteiger partial charge in [-0.25, -0.2) is 9.79 Å². The molecule has 1 aliphatic rings. The standard InChI is InChI=1S/C29H24N2O5S/c1-18-25(28(33)35-3)26(20-12-14-21(34-2)15-13-20)31-27(32)24(37-29(31)30-18)17-19-8-7-11-23(16-19)36-22-9-5-4-6-10-22/h4-17,26H,1-3H3/b24-17+. The van der Waals surface area contributed by atoms with Gasteiger partial charge in [0.05, 0.1) is 36.1 Å². The molecule has 2 heterocycles. The zero-order chi connectivity index (χ0) is 25.9. The Bertz CT molecular complexity index is 1670. The van der Waals surface area contributed by atoms with Crippen molar-refractivity contribution in [2.75, 3.05) is 14.2 Å². The molecule has 1 aromatic heterocycles. The second kappa shape index (κ2) is 10.3. The van der Waals surface area contributed by atoms with Gasteiger partial charge in [0.1, 0.15) is 17.2 Å². The first-order valence-electron chi connectivity index (χ1n) is 11.6. The molecule has 4 aromatic rings. The van der Waals surface area contributed by atoms with E-state index in [9.17, 15) is 9.59 Å². The molecule has 8 heteroatoms. The number of aromatic nitrogens is 1. The Balaban J connectivity index is 1.61. The van der Waals surface area contributed by atoms with Gasteiger partial charge in [0.25, 0.3) is 5.56 Å². The number of hydrogen-bond donors (Lipinski definition) is 0. The van der Waals surface area contributed by atoms with Crippen molar-refractivity contribution >= 4 is 23.4 Å². The normalized spacial score (nSPS) is 15.1. The molecule has 1 aliphatic heterocycles. The molecule has 0 saturated carbocycles. The van der Waals surface area contributed by atoms with E-state index in [2.05, 4.69) is 4.99 Å². The van der Waals surface area contributed by atoms with Gasteiger partial charge < -0.3 is 14.2 Å². The van der Waals surface area contributed by atoms with Crippen LogP contribution in [0.3, 0.4) is 0 Å². The third-order valence-corrected chi connectivity index (χ3v) is 6.98. The molecule has 37 heavy (non-hydrogen) atoms. The molecule has 7 nitrogen and oxygen atoms in total. The molecule has 0 aliphatic carbocycles. The zero-order valence-electron chi connectivity index (χ0n) is 20.5. The first-order valence-corrected chi connectivity index (χ1v) is 12.4. The molecule has 1 atom stereocenters. The lowest BCUT2D eigenvalue weighted by Crippen LogP contribution is -2.39. The van der Waals surface area contributed by atoms with Crippen LogP contribution in [0.4, 0.5) is 0 Å². The van der Waals surface area contributed by atoms with Crippen LogP contribution in [0.5, 0.6) is 17.2 Å².